The van der Waals surface area contributed by atoms with Crippen LogP contribution in [-0.2, 0) is 33.8 Å². The fraction of sp³-hybridized carbons (Fsp3) is 0.422. The van der Waals surface area contributed by atoms with Gasteiger partial charge in [0.05, 0.1) is 39.6 Å². The summed E-state index contributed by atoms with van der Waals surface area (Å²) in [6.45, 7) is 37.9. The standard InChI is InChI=1S/C21H24O4.C18H18O4.2C9H10O2.2C6H6O.2C3H8.4C2H6/c1-21(2,15-3-7-17(8-4-15)22-11-19-13-24-19)16-5-9-18(10-6-16)23-12-20-14-25-20;1-5-15(19-9-17-11-21-17)6-2-13(1)14-3-7-16(8-4-14)20-10-18-12-22-18;2*1-2-4-8(5-3-1)10-6-9-7-11-9;2*7-6-4-2-1-3-5-6;2*1-3-2;4*1-2/h3-10,19-20H,11-14H2,1-2H3;1-8,17-18H,9-12H2;2*1-5,9H,6-7H2;2*1-5,7H;2*3H2,1-2H3;4*1-2H3. The molecule has 2 N–H and O–H groups in total. The molecule has 14 rings (SSSR count). The Balaban J connectivity index is 0.000000307. The molecular formula is C83H114O14. The number of para-hydroxylation sites is 4. The molecular weight excluding hydrogens is 1220 g/mol. The molecule has 6 fully saturated rings. The SMILES string of the molecule is CC.CC.CC.CC.CC(C)(c1ccc(OCC2CO2)cc1)c1ccc(OCC2CO2)cc1.CCC.CCC.Oc1ccccc1.Oc1ccccc1.c1cc(-c2ccc(OCC3CO3)cc2)ccc1OCC1CO1.c1ccc(OCC2CO2)cc1.c1ccc(OCC2CO2)cc1. The van der Waals surface area contributed by atoms with Gasteiger partial charge in [-0.1, -0.05) is 231 Å². The van der Waals surface area contributed by atoms with Crippen molar-refractivity contribution in [3.63, 3.8) is 0 Å². The molecule has 0 saturated carbocycles. The monoisotopic (exact) mass is 1330 g/mol. The van der Waals surface area contributed by atoms with E-state index < -0.39 is 0 Å². The molecule has 97 heavy (non-hydrogen) atoms. The number of epoxide rings is 6. The average Bonchev–Trinajstić information content (AvgIpc) is 1.87. The smallest absolute Gasteiger partial charge is 0.119 e. The second-order valence-electron chi connectivity index (χ2n) is 22.0. The van der Waals surface area contributed by atoms with Crippen LogP contribution in [0.2, 0.25) is 0 Å². The van der Waals surface area contributed by atoms with Gasteiger partial charge in [-0.2, -0.15) is 0 Å². The Morgan fingerprint density at radius 1 is 0.278 bits per heavy atom. The Morgan fingerprint density at radius 3 is 0.608 bits per heavy atom. The number of rotatable bonds is 21. The predicted octanol–water partition coefficient (Wildman–Crippen LogP) is 19.1. The van der Waals surface area contributed by atoms with Gasteiger partial charge < -0.3 is 67.1 Å². The van der Waals surface area contributed by atoms with Crippen LogP contribution in [0.3, 0.4) is 0 Å². The third kappa shape index (κ3) is 39.7. The van der Waals surface area contributed by atoms with Crippen molar-refractivity contribution in [3.05, 3.63) is 230 Å². The fourth-order valence-electron chi connectivity index (χ4n) is 7.60. The first kappa shape index (κ1) is 83.1. The van der Waals surface area contributed by atoms with Crippen molar-refractivity contribution >= 4 is 0 Å². The van der Waals surface area contributed by atoms with Gasteiger partial charge in [0, 0.05) is 5.41 Å². The molecule has 8 aromatic carbocycles. The molecule has 8 aromatic rings. The van der Waals surface area contributed by atoms with E-state index in [-0.39, 0.29) is 29.8 Å². The van der Waals surface area contributed by atoms with Gasteiger partial charge in [0.2, 0.25) is 0 Å². The molecule has 0 amide bonds. The molecule has 6 heterocycles. The Kier molecular flexibility index (Phi) is 43.9. The van der Waals surface area contributed by atoms with Crippen molar-refractivity contribution in [1.82, 2.24) is 0 Å². The zero-order valence-corrected chi connectivity index (χ0v) is 60.4. The van der Waals surface area contributed by atoms with Gasteiger partial charge in [-0.3, -0.25) is 0 Å². The molecule has 530 valence electrons. The lowest BCUT2D eigenvalue weighted by Gasteiger charge is -2.26. The highest BCUT2D eigenvalue weighted by Gasteiger charge is 2.28. The van der Waals surface area contributed by atoms with E-state index in [0.717, 1.165) is 85.3 Å². The first-order valence-electron chi connectivity index (χ1n) is 35.0. The van der Waals surface area contributed by atoms with E-state index >= 15 is 0 Å². The Labute approximate surface area is 582 Å². The summed E-state index contributed by atoms with van der Waals surface area (Å²) in [6, 6.07) is 69.9. The molecule has 0 aromatic heterocycles. The molecule has 0 bridgehead atoms. The summed E-state index contributed by atoms with van der Waals surface area (Å²) in [5, 5.41) is 17.3. The zero-order chi connectivity index (χ0) is 70.7. The minimum atomic E-state index is -0.0870. The molecule has 14 heteroatoms. The number of benzene rings is 8. The highest BCUT2D eigenvalue weighted by Crippen LogP contribution is 2.34. The van der Waals surface area contributed by atoms with Gasteiger partial charge in [0.25, 0.3) is 0 Å². The van der Waals surface area contributed by atoms with Gasteiger partial charge in [-0.05, 0) is 119 Å². The van der Waals surface area contributed by atoms with Gasteiger partial charge in [-0.25, -0.2) is 0 Å². The van der Waals surface area contributed by atoms with Crippen molar-refractivity contribution in [2.45, 2.75) is 152 Å². The van der Waals surface area contributed by atoms with Crippen LogP contribution in [-0.4, -0.2) is 126 Å². The lowest BCUT2D eigenvalue weighted by Crippen LogP contribution is -2.18. The van der Waals surface area contributed by atoms with Crippen LogP contribution < -0.4 is 28.4 Å². The normalized spacial score (nSPS) is 17.3. The molecule has 6 aliphatic heterocycles. The van der Waals surface area contributed by atoms with Gasteiger partial charge in [-0.15, -0.1) is 0 Å². The summed E-state index contributed by atoms with van der Waals surface area (Å²) >= 11 is 0. The lowest BCUT2D eigenvalue weighted by molar-refractivity contribution is 0.263. The maximum absolute atomic E-state index is 8.63. The quantitative estimate of drug-likeness (QED) is 0.0651. The second-order valence-corrected chi connectivity index (χ2v) is 22.0. The van der Waals surface area contributed by atoms with Crippen LogP contribution in [0.25, 0.3) is 11.1 Å². The van der Waals surface area contributed by atoms with Crippen molar-refractivity contribution in [2.75, 3.05) is 79.3 Å². The van der Waals surface area contributed by atoms with Gasteiger partial charge >= 0.3 is 0 Å². The van der Waals surface area contributed by atoms with Crippen molar-refractivity contribution in [2.24, 2.45) is 0 Å². The summed E-state index contributed by atoms with van der Waals surface area (Å²) in [5.41, 5.74) is 4.74. The minimum absolute atomic E-state index is 0.0870. The number of hydrogen-bond donors (Lipinski definition) is 2. The van der Waals surface area contributed by atoms with Crippen LogP contribution in [0.4, 0.5) is 0 Å². The summed E-state index contributed by atoms with van der Waals surface area (Å²) in [5.74, 6) is 6.02. The highest BCUT2D eigenvalue weighted by atomic mass is 16.6. The van der Waals surface area contributed by atoms with E-state index in [9.17, 15) is 0 Å². The maximum Gasteiger partial charge on any atom is 0.119 e. The van der Waals surface area contributed by atoms with Crippen molar-refractivity contribution in [1.29, 1.82) is 0 Å². The Bertz CT molecular complexity index is 2850. The number of phenols is 2. The molecule has 6 atom stereocenters. The number of phenolic OH excluding ortho intramolecular Hbond substituents is 2. The lowest BCUT2D eigenvalue weighted by atomic mass is 9.78. The van der Waals surface area contributed by atoms with Gasteiger partial charge in [0.1, 0.15) is 122 Å². The molecule has 6 aliphatic rings. The number of hydrogen-bond acceptors (Lipinski definition) is 14. The summed E-state index contributed by atoms with van der Waals surface area (Å²) in [7, 11) is 0. The van der Waals surface area contributed by atoms with Crippen molar-refractivity contribution < 1.29 is 67.1 Å². The van der Waals surface area contributed by atoms with E-state index in [1.165, 1.54) is 24.0 Å². The van der Waals surface area contributed by atoms with E-state index in [4.69, 9.17) is 67.1 Å². The minimum Gasteiger partial charge on any atom is -0.508 e. The molecule has 0 spiro atoms. The first-order valence-corrected chi connectivity index (χ1v) is 35.0. The average molecular weight is 1340 g/mol. The molecule has 6 saturated heterocycles. The third-order valence-electron chi connectivity index (χ3n) is 13.2. The van der Waals surface area contributed by atoms with Crippen LogP contribution in [0.15, 0.2) is 218 Å². The molecule has 0 aliphatic carbocycles. The van der Waals surface area contributed by atoms with E-state index in [0.29, 0.717) is 63.3 Å². The van der Waals surface area contributed by atoms with E-state index in [2.05, 4.69) is 90.1 Å². The Hall–Kier alpha value is -8.08. The van der Waals surface area contributed by atoms with Crippen LogP contribution in [0.5, 0.6) is 46.0 Å². The first-order chi connectivity index (χ1) is 47.5. The highest BCUT2D eigenvalue weighted by molar-refractivity contribution is 5.65. The van der Waals surface area contributed by atoms with E-state index in [1.807, 2.05) is 177 Å². The second kappa shape index (κ2) is 51.2. The number of aromatic hydroxyl groups is 2. The number of ether oxygens (including phenoxy) is 12. The molecule has 6 unspecified atom stereocenters. The molecule has 14 nitrogen and oxygen atoms in total. The van der Waals surface area contributed by atoms with Crippen LogP contribution in [0, 0.1) is 0 Å². The Morgan fingerprint density at radius 2 is 0.443 bits per heavy atom. The fourth-order valence-corrected chi connectivity index (χ4v) is 7.60. The summed E-state index contributed by atoms with van der Waals surface area (Å²) < 4.78 is 64.1. The van der Waals surface area contributed by atoms with Crippen LogP contribution >= 0.6 is 0 Å². The van der Waals surface area contributed by atoms with Gasteiger partial charge in [0.15, 0.2) is 0 Å². The zero-order valence-electron chi connectivity index (χ0n) is 60.4. The largest absolute Gasteiger partial charge is 0.508 e. The molecule has 0 radical (unpaired) electrons. The third-order valence-corrected chi connectivity index (χ3v) is 13.2. The maximum atomic E-state index is 8.63. The topological polar surface area (TPSA) is 171 Å². The summed E-state index contributed by atoms with van der Waals surface area (Å²) in [4.78, 5) is 0. The summed E-state index contributed by atoms with van der Waals surface area (Å²) in [6.07, 6.45) is 4.32. The van der Waals surface area contributed by atoms with Crippen molar-refractivity contribution in [3.8, 4) is 57.1 Å². The van der Waals surface area contributed by atoms with Crippen LogP contribution in [0.1, 0.15) is 121 Å². The van der Waals surface area contributed by atoms with E-state index in [1.54, 1.807) is 48.5 Å². The predicted molar refractivity (Wildman–Crippen MR) is 395 cm³/mol.